The van der Waals surface area contributed by atoms with Gasteiger partial charge >= 0.3 is 0 Å². The molecule has 0 radical (unpaired) electrons. The average molecular weight is 214 g/mol. The molecule has 3 nitrogen and oxygen atoms in total. The first-order valence-electron chi connectivity index (χ1n) is 6.34. The van der Waals surface area contributed by atoms with Gasteiger partial charge in [-0.2, -0.15) is 0 Å². The van der Waals surface area contributed by atoms with Crippen LogP contribution in [-0.4, -0.2) is 48.8 Å². The third-order valence-corrected chi connectivity index (χ3v) is 3.38. The molecule has 1 fully saturated rings. The van der Waals surface area contributed by atoms with E-state index in [4.69, 9.17) is 5.11 Å². The second-order valence-electron chi connectivity index (χ2n) is 4.67. The lowest BCUT2D eigenvalue weighted by molar-refractivity contribution is 0.124. The predicted octanol–water partition coefficient (Wildman–Crippen LogP) is 1.08. The molecule has 15 heavy (non-hydrogen) atoms. The number of likely N-dealkylation sites (tertiary alicyclic amines) is 1. The van der Waals surface area contributed by atoms with Gasteiger partial charge in [0.1, 0.15) is 0 Å². The Morgan fingerprint density at radius 3 is 3.00 bits per heavy atom. The third kappa shape index (κ3) is 4.49. The molecule has 0 aromatic carbocycles. The Morgan fingerprint density at radius 1 is 1.53 bits per heavy atom. The minimum absolute atomic E-state index is 0.295. The summed E-state index contributed by atoms with van der Waals surface area (Å²) in [4.78, 5) is 2.39. The van der Waals surface area contributed by atoms with Crippen molar-refractivity contribution >= 4 is 0 Å². The standard InChI is InChI=1S/C12H26N2O/c1-3-6-13-11(2)12-5-4-7-14(10-12)8-9-15/h11-13,15H,3-10H2,1-2H3. The summed E-state index contributed by atoms with van der Waals surface area (Å²) in [6.45, 7) is 9.08. The van der Waals surface area contributed by atoms with Crippen LogP contribution in [0.15, 0.2) is 0 Å². The molecular weight excluding hydrogens is 188 g/mol. The van der Waals surface area contributed by atoms with E-state index in [0.717, 1.165) is 32.1 Å². The topological polar surface area (TPSA) is 35.5 Å². The van der Waals surface area contributed by atoms with Crippen LogP contribution in [0.4, 0.5) is 0 Å². The molecule has 2 atom stereocenters. The number of nitrogens with one attached hydrogen (secondary N) is 1. The van der Waals surface area contributed by atoms with Crippen LogP contribution in [0.3, 0.4) is 0 Å². The molecule has 0 aromatic heterocycles. The van der Waals surface area contributed by atoms with Gasteiger partial charge in [0.05, 0.1) is 6.61 Å². The van der Waals surface area contributed by atoms with Crippen LogP contribution >= 0.6 is 0 Å². The Bertz CT molecular complexity index is 162. The van der Waals surface area contributed by atoms with Crippen LogP contribution in [0.5, 0.6) is 0 Å². The summed E-state index contributed by atoms with van der Waals surface area (Å²) in [5.74, 6) is 0.761. The molecule has 1 aliphatic heterocycles. The summed E-state index contributed by atoms with van der Waals surface area (Å²) in [6, 6.07) is 0.617. The normalized spacial score (nSPS) is 25.4. The van der Waals surface area contributed by atoms with Gasteiger partial charge in [0.15, 0.2) is 0 Å². The van der Waals surface area contributed by atoms with E-state index in [0.29, 0.717) is 12.6 Å². The number of aliphatic hydroxyl groups excluding tert-OH is 1. The minimum Gasteiger partial charge on any atom is -0.395 e. The van der Waals surface area contributed by atoms with Gasteiger partial charge in [0.25, 0.3) is 0 Å². The van der Waals surface area contributed by atoms with Gasteiger partial charge in [-0.05, 0) is 45.2 Å². The molecule has 0 aromatic rings. The fraction of sp³-hybridized carbons (Fsp3) is 1.00. The maximum Gasteiger partial charge on any atom is 0.0558 e. The van der Waals surface area contributed by atoms with Crippen molar-refractivity contribution in [3.05, 3.63) is 0 Å². The highest BCUT2D eigenvalue weighted by Gasteiger charge is 2.23. The van der Waals surface area contributed by atoms with Crippen molar-refractivity contribution in [1.82, 2.24) is 10.2 Å². The molecule has 0 saturated carbocycles. The molecular formula is C12H26N2O. The molecule has 1 aliphatic rings. The molecule has 1 heterocycles. The van der Waals surface area contributed by atoms with Crippen molar-refractivity contribution in [3.63, 3.8) is 0 Å². The number of nitrogens with zero attached hydrogens (tertiary/aromatic N) is 1. The van der Waals surface area contributed by atoms with Crippen LogP contribution in [0.1, 0.15) is 33.1 Å². The molecule has 0 bridgehead atoms. The van der Waals surface area contributed by atoms with Gasteiger partial charge in [0.2, 0.25) is 0 Å². The summed E-state index contributed by atoms with van der Waals surface area (Å²) in [7, 11) is 0. The van der Waals surface area contributed by atoms with E-state index in [1.54, 1.807) is 0 Å². The number of β-amino-alcohol motifs (C(OH)–C–C–N with tert-alkyl or cyclic N) is 1. The molecule has 2 unspecified atom stereocenters. The largest absolute Gasteiger partial charge is 0.395 e. The highest BCUT2D eigenvalue weighted by atomic mass is 16.3. The van der Waals surface area contributed by atoms with Crippen molar-refractivity contribution in [2.24, 2.45) is 5.92 Å². The number of rotatable bonds is 6. The van der Waals surface area contributed by atoms with Crippen LogP contribution in [0.25, 0.3) is 0 Å². The van der Waals surface area contributed by atoms with Gasteiger partial charge in [-0.25, -0.2) is 0 Å². The van der Waals surface area contributed by atoms with E-state index in [9.17, 15) is 0 Å². The van der Waals surface area contributed by atoms with Crippen LogP contribution in [0, 0.1) is 5.92 Å². The lowest BCUT2D eigenvalue weighted by Gasteiger charge is -2.35. The quantitative estimate of drug-likeness (QED) is 0.694. The Balaban J connectivity index is 2.27. The molecule has 3 heteroatoms. The van der Waals surface area contributed by atoms with Crippen LogP contribution in [0.2, 0.25) is 0 Å². The highest BCUT2D eigenvalue weighted by molar-refractivity contribution is 4.80. The van der Waals surface area contributed by atoms with Crippen molar-refractivity contribution < 1.29 is 5.11 Å². The fourth-order valence-corrected chi connectivity index (χ4v) is 2.38. The summed E-state index contributed by atoms with van der Waals surface area (Å²) in [5, 5.41) is 12.5. The molecule has 0 aliphatic carbocycles. The van der Waals surface area contributed by atoms with E-state index in [1.807, 2.05) is 0 Å². The van der Waals surface area contributed by atoms with Gasteiger partial charge in [-0.3, -0.25) is 0 Å². The fourth-order valence-electron chi connectivity index (χ4n) is 2.38. The first kappa shape index (κ1) is 12.9. The Hall–Kier alpha value is -0.120. The van der Waals surface area contributed by atoms with Crippen LogP contribution < -0.4 is 5.32 Å². The molecule has 0 amide bonds. The Labute approximate surface area is 93.9 Å². The summed E-state index contributed by atoms with van der Waals surface area (Å²) < 4.78 is 0. The molecule has 1 rings (SSSR count). The number of hydrogen-bond donors (Lipinski definition) is 2. The van der Waals surface area contributed by atoms with E-state index in [1.165, 1.54) is 19.3 Å². The second-order valence-corrected chi connectivity index (χ2v) is 4.67. The molecule has 1 saturated heterocycles. The molecule has 0 spiro atoms. The lowest BCUT2D eigenvalue weighted by atomic mass is 9.91. The maximum absolute atomic E-state index is 8.93. The number of piperidine rings is 1. The monoisotopic (exact) mass is 214 g/mol. The van der Waals surface area contributed by atoms with E-state index in [-0.39, 0.29) is 0 Å². The average Bonchev–Trinajstić information content (AvgIpc) is 2.27. The number of hydrogen-bond acceptors (Lipinski definition) is 3. The summed E-state index contributed by atoms with van der Waals surface area (Å²) in [5.41, 5.74) is 0. The zero-order valence-corrected chi connectivity index (χ0v) is 10.2. The van der Waals surface area contributed by atoms with E-state index in [2.05, 4.69) is 24.1 Å². The Morgan fingerprint density at radius 2 is 2.33 bits per heavy atom. The SMILES string of the molecule is CCCNC(C)C1CCCN(CCO)C1. The maximum atomic E-state index is 8.93. The van der Waals surface area contributed by atoms with Gasteiger partial charge in [0, 0.05) is 19.1 Å². The van der Waals surface area contributed by atoms with E-state index < -0.39 is 0 Å². The predicted molar refractivity (Wildman–Crippen MR) is 64.0 cm³/mol. The van der Waals surface area contributed by atoms with Crippen LogP contribution in [-0.2, 0) is 0 Å². The van der Waals surface area contributed by atoms with Crippen molar-refractivity contribution in [2.75, 3.05) is 32.8 Å². The van der Waals surface area contributed by atoms with Crippen molar-refractivity contribution in [2.45, 2.75) is 39.2 Å². The first-order chi connectivity index (χ1) is 7.27. The van der Waals surface area contributed by atoms with Crippen molar-refractivity contribution in [1.29, 1.82) is 0 Å². The zero-order valence-electron chi connectivity index (χ0n) is 10.2. The second kappa shape index (κ2) is 7.20. The van der Waals surface area contributed by atoms with Gasteiger partial charge < -0.3 is 15.3 Å². The molecule has 2 N–H and O–H groups in total. The zero-order chi connectivity index (χ0) is 11.1. The number of aliphatic hydroxyl groups is 1. The minimum atomic E-state index is 0.295. The smallest absolute Gasteiger partial charge is 0.0558 e. The Kier molecular flexibility index (Phi) is 6.22. The lowest BCUT2D eigenvalue weighted by Crippen LogP contribution is -2.45. The van der Waals surface area contributed by atoms with Gasteiger partial charge in [-0.1, -0.05) is 6.92 Å². The van der Waals surface area contributed by atoms with E-state index >= 15 is 0 Å². The van der Waals surface area contributed by atoms with Crippen molar-refractivity contribution in [3.8, 4) is 0 Å². The van der Waals surface area contributed by atoms with Gasteiger partial charge in [-0.15, -0.1) is 0 Å². The first-order valence-corrected chi connectivity index (χ1v) is 6.34. The highest BCUT2D eigenvalue weighted by Crippen LogP contribution is 2.19. The summed E-state index contributed by atoms with van der Waals surface area (Å²) in [6.07, 6.45) is 3.82. The summed E-state index contributed by atoms with van der Waals surface area (Å²) >= 11 is 0. The molecule has 90 valence electrons. The third-order valence-electron chi connectivity index (χ3n) is 3.38.